The lowest BCUT2D eigenvalue weighted by Gasteiger charge is -2.30. The maximum Gasteiger partial charge on any atom is 0.269 e. The second-order valence-corrected chi connectivity index (χ2v) is 11.9. The number of aromatic nitrogens is 5. The molecule has 1 aliphatic rings. The number of hydrogen-bond donors (Lipinski definition) is 3. The summed E-state index contributed by atoms with van der Waals surface area (Å²) in [6.07, 6.45) is 6.20. The van der Waals surface area contributed by atoms with Crippen LogP contribution in [0.1, 0.15) is 41.9 Å². The molecule has 0 bridgehead atoms. The molecule has 1 aromatic carbocycles. The van der Waals surface area contributed by atoms with Gasteiger partial charge in [-0.25, -0.2) is 31.6 Å². The lowest BCUT2D eigenvalue weighted by Crippen LogP contribution is -2.42. The number of aryl methyl sites for hydroxylation is 1. The van der Waals surface area contributed by atoms with E-state index in [-0.39, 0.29) is 57.7 Å². The van der Waals surface area contributed by atoms with Crippen LogP contribution in [-0.2, 0) is 22.6 Å². The van der Waals surface area contributed by atoms with Crippen LogP contribution in [-0.4, -0.2) is 57.4 Å². The fraction of sp³-hybridized carbons (Fsp3) is 0.360. The van der Waals surface area contributed by atoms with E-state index in [4.69, 9.17) is 0 Å². The molecule has 0 aliphatic heterocycles. The fourth-order valence-electron chi connectivity index (χ4n) is 4.92. The zero-order chi connectivity index (χ0) is 27.9. The molecular formula is C25H26F3N7O3S. The maximum atomic E-state index is 14.7. The smallest absolute Gasteiger partial charge is 0.269 e. The van der Waals surface area contributed by atoms with E-state index in [1.165, 1.54) is 16.9 Å². The van der Waals surface area contributed by atoms with E-state index in [0.29, 0.717) is 24.8 Å². The Labute approximate surface area is 222 Å². The van der Waals surface area contributed by atoms with E-state index in [1.54, 1.807) is 7.05 Å². The van der Waals surface area contributed by atoms with Crippen LogP contribution in [0.25, 0.3) is 22.3 Å². The molecule has 1 amide bonds. The summed E-state index contributed by atoms with van der Waals surface area (Å²) in [7, 11) is -1.73. The summed E-state index contributed by atoms with van der Waals surface area (Å²) >= 11 is 0. The first-order valence-corrected chi connectivity index (χ1v) is 14.3. The van der Waals surface area contributed by atoms with Crippen LogP contribution in [0.15, 0.2) is 30.6 Å². The Bertz CT molecular complexity index is 1670. The molecule has 4 aromatic rings. The normalized spacial score (nSPS) is 17.9. The van der Waals surface area contributed by atoms with Gasteiger partial charge in [0.25, 0.3) is 5.91 Å². The largest absolute Gasteiger partial charge is 0.365 e. The van der Waals surface area contributed by atoms with Crippen LogP contribution < -0.4 is 10.6 Å². The number of amides is 1. The van der Waals surface area contributed by atoms with E-state index in [2.05, 4.69) is 30.7 Å². The quantitative estimate of drug-likeness (QED) is 0.315. The molecule has 2 atom stereocenters. The van der Waals surface area contributed by atoms with Crippen molar-refractivity contribution in [2.45, 2.75) is 43.5 Å². The van der Waals surface area contributed by atoms with Gasteiger partial charge in [0.2, 0.25) is 0 Å². The predicted octanol–water partition coefficient (Wildman–Crippen LogP) is 3.47. The second-order valence-electron chi connectivity index (χ2n) is 9.80. The number of benzene rings is 1. The molecule has 39 heavy (non-hydrogen) atoms. The van der Waals surface area contributed by atoms with Crippen molar-refractivity contribution >= 4 is 32.5 Å². The van der Waals surface area contributed by atoms with Crippen LogP contribution in [0.3, 0.4) is 0 Å². The molecule has 1 saturated carbocycles. The SMILES string of the molecule is Cn1nc(CS(C)(=O)=O)cc1C(=O)N[C@@H]1CCC[C@H](Nc2nc(-c3c[nH]c4c(F)cc(F)cc34)ncc2F)C1. The zero-order valence-corrected chi connectivity index (χ0v) is 21.9. The standard InChI is InChI=1S/C25H26F3N7O3S/c1-35-21(9-16(34-35)12-39(2,37)38)25(36)32-15-5-3-4-14(8-15)31-24-20(28)11-30-23(33-24)18-10-29-22-17(18)6-13(26)7-19(22)27/h6-7,9-11,14-15,29H,3-5,8,12H2,1-2H3,(H,32,36)(H,30,31,33)/t14-,15+/m0/s1. The Morgan fingerprint density at radius 3 is 2.69 bits per heavy atom. The molecule has 0 radical (unpaired) electrons. The molecule has 206 valence electrons. The van der Waals surface area contributed by atoms with E-state index in [0.717, 1.165) is 31.0 Å². The molecule has 0 spiro atoms. The van der Waals surface area contributed by atoms with Crippen LogP contribution >= 0.6 is 0 Å². The number of nitrogens with one attached hydrogen (secondary N) is 3. The molecule has 10 nitrogen and oxygen atoms in total. The van der Waals surface area contributed by atoms with Gasteiger partial charge in [-0.2, -0.15) is 5.10 Å². The van der Waals surface area contributed by atoms with E-state index < -0.39 is 27.3 Å². The molecule has 1 fully saturated rings. The Kier molecular flexibility index (Phi) is 7.05. The van der Waals surface area contributed by atoms with Gasteiger partial charge in [-0.3, -0.25) is 9.48 Å². The zero-order valence-electron chi connectivity index (χ0n) is 21.1. The first-order valence-electron chi connectivity index (χ1n) is 12.2. The van der Waals surface area contributed by atoms with Crippen molar-refractivity contribution in [2.75, 3.05) is 11.6 Å². The summed E-state index contributed by atoms with van der Waals surface area (Å²) < 4.78 is 67.1. The van der Waals surface area contributed by atoms with Gasteiger partial charge in [-0.1, -0.05) is 0 Å². The number of carbonyl (C=O) groups is 1. The van der Waals surface area contributed by atoms with Crippen molar-refractivity contribution in [2.24, 2.45) is 7.05 Å². The third kappa shape index (κ3) is 5.90. The van der Waals surface area contributed by atoms with Crippen LogP contribution in [0.5, 0.6) is 0 Å². The molecule has 5 rings (SSSR count). The van der Waals surface area contributed by atoms with Gasteiger partial charge in [-0.15, -0.1) is 0 Å². The van der Waals surface area contributed by atoms with Crippen LogP contribution in [0.4, 0.5) is 19.0 Å². The molecule has 3 N–H and O–H groups in total. The van der Waals surface area contributed by atoms with Gasteiger partial charge < -0.3 is 15.6 Å². The Balaban J connectivity index is 1.29. The lowest BCUT2D eigenvalue weighted by molar-refractivity contribution is 0.0916. The highest BCUT2D eigenvalue weighted by atomic mass is 32.2. The highest BCUT2D eigenvalue weighted by Crippen LogP contribution is 2.30. The Morgan fingerprint density at radius 2 is 1.92 bits per heavy atom. The molecule has 0 saturated heterocycles. The average molecular weight is 562 g/mol. The third-order valence-corrected chi connectivity index (χ3v) is 7.43. The van der Waals surface area contributed by atoms with Crippen LogP contribution in [0, 0.1) is 17.5 Å². The minimum Gasteiger partial charge on any atom is -0.365 e. The second kappa shape index (κ2) is 10.3. The lowest BCUT2D eigenvalue weighted by atomic mass is 9.91. The predicted molar refractivity (Wildman–Crippen MR) is 138 cm³/mol. The third-order valence-electron chi connectivity index (χ3n) is 6.61. The van der Waals surface area contributed by atoms with Crippen molar-refractivity contribution in [3.8, 4) is 11.4 Å². The van der Waals surface area contributed by atoms with Crippen molar-refractivity contribution in [3.05, 3.63) is 59.4 Å². The summed E-state index contributed by atoms with van der Waals surface area (Å²) in [5, 5.41) is 10.4. The molecule has 0 unspecified atom stereocenters. The number of sulfone groups is 1. The van der Waals surface area contributed by atoms with Gasteiger partial charge in [0.15, 0.2) is 27.3 Å². The number of hydrogen-bond acceptors (Lipinski definition) is 7. The highest BCUT2D eigenvalue weighted by Gasteiger charge is 2.26. The minimum absolute atomic E-state index is 0.0553. The summed E-state index contributed by atoms with van der Waals surface area (Å²) in [4.78, 5) is 23.9. The van der Waals surface area contributed by atoms with Gasteiger partial charge in [-0.05, 0) is 37.8 Å². The van der Waals surface area contributed by atoms with E-state index in [1.807, 2.05) is 0 Å². The summed E-state index contributed by atoms with van der Waals surface area (Å²) in [6.45, 7) is 0. The fourth-order valence-corrected chi connectivity index (χ4v) is 5.60. The topological polar surface area (TPSA) is 135 Å². The van der Waals surface area contributed by atoms with E-state index in [9.17, 15) is 26.4 Å². The average Bonchev–Trinajstić information content (AvgIpc) is 3.43. The van der Waals surface area contributed by atoms with Crippen LogP contribution in [0.2, 0.25) is 0 Å². The molecular weight excluding hydrogens is 535 g/mol. The minimum atomic E-state index is -3.30. The van der Waals surface area contributed by atoms with Gasteiger partial charge in [0, 0.05) is 48.6 Å². The monoisotopic (exact) mass is 561 g/mol. The number of carbonyl (C=O) groups excluding carboxylic acids is 1. The van der Waals surface area contributed by atoms with Gasteiger partial charge in [0.1, 0.15) is 17.3 Å². The Morgan fingerprint density at radius 1 is 1.15 bits per heavy atom. The Hall–Kier alpha value is -3.94. The number of anilines is 1. The van der Waals surface area contributed by atoms with E-state index >= 15 is 0 Å². The summed E-state index contributed by atoms with van der Waals surface area (Å²) in [5.74, 6) is -2.81. The molecule has 14 heteroatoms. The first kappa shape index (κ1) is 26.7. The number of rotatable bonds is 7. The number of aromatic amines is 1. The van der Waals surface area contributed by atoms with Crippen molar-refractivity contribution < 1.29 is 26.4 Å². The molecule has 1 aliphatic carbocycles. The van der Waals surface area contributed by atoms with Crippen molar-refractivity contribution in [3.63, 3.8) is 0 Å². The number of fused-ring (bicyclic) bond motifs is 1. The highest BCUT2D eigenvalue weighted by molar-refractivity contribution is 7.89. The number of nitrogens with zero attached hydrogens (tertiary/aromatic N) is 4. The number of H-pyrrole nitrogens is 1. The first-order chi connectivity index (χ1) is 18.5. The van der Waals surface area contributed by atoms with Crippen molar-refractivity contribution in [1.82, 2.24) is 30.0 Å². The molecule has 3 aromatic heterocycles. The summed E-state index contributed by atoms with van der Waals surface area (Å²) in [6, 6.07) is 2.94. The molecule has 3 heterocycles. The van der Waals surface area contributed by atoms with Gasteiger partial charge >= 0.3 is 0 Å². The van der Waals surface area contributed by atoms with Gasteiger partial charge in [0.05, 0.1) is 23.2 Å². The maximum absolute atomic E-state index is 14.7. The summed E-state index contributed by atoms with van der Waals surface area (Å²) in [5.41, 5.74) is 0.939. The van der Waals surface area contributed by atoms with Crippen molar-refractivity contribution in [1.29, 1.82) is 0 Å². The number of halogens is 3.